The number of ketones is 1. The Balaban J connectivity index is 2.48. The fourth-order valence-corrected chi connectivity index (χ4v) is 1.92. The van der Waals surface area contributed by atoms with E-state index < -0.39 is 11.5 Å². The third-order valence-corrected chi connectivity index (χ3v) is 2.94. The van der Waals surface area contributed by atoms with Crippen LogP contribution in [0.5, 0.6) is 0 Å². The van der Waals surface area contributed by atoms with Crippen molar-refractivity contribution in [3.63, 3.8) is 0 Å². The van der Waals surface area contributed by atoms with E-state index >= 15 is 0 Å². The average molecular weight is 234 g/mol. The predicted octanol–water partition coefficient (Wildman–Crippen LogP) is 3.47. The summed E-state index contributed by atoms with van der Waals surface area (Å²) in [4.78, 5) is 11.4. The molecule has 3 heteroatoms. The first kappa shape index (κ1) is 11.7. The highest BCUT2D eigenvalue weighted by Crippen LogP contribution is 2.37. The molecular formula is C14H12F2O. The van der Waals surface area contributed by atoms with Crippen LogP contribution in [-0.2, 0) is 4.79 Å². The number of allylic oxidation sites excluding steroid dienone is 4. The van der Waals surface area contributed by atoms with Gasteiger partial charge in [-0.1, -0.05) is 30.4 Å². The summed E-state index contributed by atoms with van der Waals surface area (Å²) in [6.45, 7) is 1.23. The van der Waals surface area contributed by atoms with Gasteiger partial charge in [0, 0.05) is 12.0 Å². The lowest BCUT2D eigenvalue weighted by Crippen LogP contribution is -2.33. The van der Waals surface area contributed by atoms with Gasteiger partial charge in [-0.25, -0.2) is 8.78 Å². The Kier molecular flexibility index (Phi) is 2.92. The lowest BCUT2D eigenvalue weighted by atomic mass is 9.81. The summed E-state index contributed by atoms with van der Waals surface area (Å²) in [6.07, 6.45) is 4.93. The van der Waals surface area contributed by atoms with E-state index in [2.05, 4.69) is 0 Å². The van der Waals surface area contributed by atoms with Gasteiger partial charge in [0.1, 0.15) is 5.82 Å². The molecule has 0 fully saturated rings. The molecule has 1 aliphatic rings. The van der Waals surface area contributed by atoms with Crippen molar-refractivity contribution in [3.8, 4) is 0 Å². The molecule has 0 amide bonds. The van der Waals surface area contributed by atoms with Crippen LogP contribution in [0, 0.1) is 5.82 Å². The fraction of sp³-hybridized carbons (Fsp3) is 0.214. The first-order valence-corrected chi connectivity index (χ1v) is 5.37. The van der Waals surface area contributed by atoms with Crippen LogP contribution in [-0.4, -0.2) is 11.5 Å². The van der Waals surface area contributed by atoms with E-state index in [0.29, 0.717) is 11.1 Å². The summed E-state index contributed by atoms with van der Waals surface area (Å²) < 4.78 is 27.4. The molecule has 0 bridgehead atoms. The van der Waals surface area contributed by atoms with Gasteiger partial charge in [0.15, 0.2) is 11.5 Å². The highest BCUT2D eigenvalue weighted by molar-refractivity contribution is 6.00. The number of alkyl halides is 1. The van der Waals surface area contributed by atoms with Crippen LogP contribution in [0.2, 0.25) is 0 Å². The second-order valence-electron chi connectivity index (χ2n) is 4.08. The third kappa shape index (κ3) is 2.05. The van der Waals surface area contributed by atoms with Gasteiger partial charge < -0.3 is 0 Å². The van der Waals surface area contributed by atoms with Crippen molar-refractivity contribution in [2.75, 3.05) is 0 Å². The van der Waals surface area contributed by atoms with Gasteiger partial charge in [0.25, 0.3) is 0 Å². The zero-order valence-electron chi connectivity index (χ0n) is 9.41. The van der Waals surface area contributed by atoms with Crippen LogP contribution in [0.25, 0.3) is 5.57 Å². The summed E-state index contributed by atoms with van der Waals surface area (Å²) in [5.74, 6) is -0.912. The summed E-state index contributed by atoms with van der Waals surface area (Å²) in [5.41, 5.74) is -1.16. The second-order valence-corrected chi connectivity index (χ2v) is 4.08. The van der Waals surface area contributed by atoms with Crippen molar-refractivity contribution in [3.05, 3.63) is 53.9 Å². The highest BCUT2D eigenvalue weighted by Gasteiger charge is 2.39. The number of carbonyl (C=O) groups is 1. The highest BCUT2D eigenvalue weighted by atomic mass is 19.1. The van der Waals surface area contributed by atoms with Crippen LogP contribution in [0.1, 0.15) is 18.9 Å². The minimum absolute atomic E-state index is 0.0333. The summed E-state index contributed by atoms with van der Waals surface area (Å²) in [6, 6.07) is 5.49. The van der Waals surface area contributed by atoms with Gasteiger partial charge in [0.2, 0.25) is 0 Å². The van der Waals surface area contributed by atoms with Crippen LogP contribution >= 0.6 is 0 Å². The largest absolute Gasteiger partial charge is 0.296 e. The number of benzene rings is 1. The van der Waals surface area contributed by atoms with E-state index in [-0.39, 0.29) is 12.2 Å². The van der Waals surface area contributed by atoms with Crippen molar-refractivity contribution in [1.82, 2.24) is 0 Å². The molecule has 0 aliphatic heterocycles. The molecule has 0 heterocycles. The lowest BCUT2D eigenvalue weighted by Gasteiger charge is -2.26. The van der Waals surface area contributed by atoms with E-state index in [1.807, 2.05) is 0 Å². The van der Waals surface area contributed by atoms with Crippen molar-refractivity contribution >= 4 is 11.4 Å². The summed E-state index contributed by atoms with van der Waals surface area (Å²) >= 11 is 0. The average Bonchev–Trinajstić information content (AvgIpc) is 2.31. The Morgan fingerprint density at radius 1 is 1.29 bits per heavy atom. The van der Waals surface area contributed by atoms with Crippen LogP contribution < -0.4 is 0 Å². The zero-order valence-corrected chi connectivity index (χ0v) is 9.41. The molecule has 0 saturated carbocycles. The van der Waals surface area contributed by atoms with Gasteiger partial charge in [-0.05, 0) is 24.6 Å². The Morgan fingerprint density at radius 3 is 2.53 bits per heavy atom. The molecule has 1 atom stereocenters. The molecule has 0 saturated heterocycles. The van der Waals surface area contributed by atoms with Gasteiger partial charge in [-0.15, -0.1) is 0 Å². The number of hydrogen-bond acceptors (Lipinski definition) is 1. The second kappa shape index (κ2) is 4.24. The minimum Gasteiger partial charge on any atom is -0.296 e. The molecule has 1 aliphatic carbocycles. The molecule has 1 nitrogen and oxygen atoms in total. The van der Waals surface area contributed by atoms with Crippen molar-refractivity contribution in [2.24, 2.45) is 0 Å². The van der Waals surface area contributed by atoms with E-state index in [1.165, 1.54) is 31.2 Å². The number of Topliss-reactive ketones (excluding diaryl/α,β-unsaturated/α-hetero) is 1. The molecule has 0 spiro atoms. The Labute approximate surface area is 98.5 Å². The maximum absolute atomic E-state index is 14.6. The molecule has 88 valence electrons. The molecule has 17 heavy (non-hydrogen) atoms. The zero-order chi connectivity index (χ0) is 12.5. The van der Waals surface area contributed by atoms with Gasteiger partial charge in [-0.3, -0.25) is 4.79 Å². The first-order valence-electron chi connectivity index (χ1n) is 5.37. The normalized spacial score (nSPS) is 23.4. The molecular weight excluding hydrogens is 222 g/mol. The predicted molar refractivity (Wildman–Crippen MR) is 62.7 cm³/mol. The van der Waals surface area contributed by atoms with Crippen molar-refractivity contribution in [1.29, 1.82) is 0 Å². The molecule has 1 aromatic carbocycles. The van der Waals surface area contributed by atoms with Crippen molar-refractivity contribution in [2.45, 2.75) is 19.0 Å². The summed E-state index contributed by atoms with van der Waals surface area (Å²) in [7, 11) is 0. The first-order chi connectivity index (χ1) is 8.04. The minimum atomic E-state index is -1.99. The molecule has 0 radical (unpaired) electrons. The Bertz CT molecular complexity index is 499. The number of carbonyl (C=O) groups excluding carboxylic acids is 1. The standard InChI is InChI=1S/C14H12F2O/c1-10(17)14(16)9-3-2-4-13(14)11-5-7-12(15)8-6-11/h2-8H,9H2,1H3. The quantitative estimate of drug-likeness (QED) is 0.765. The van der Waals surface area contributed by atoms with Crippen molar-refractivity contribution < 1.29 is 13.6 Å². The van der Waals surface area contributed by atoms with E-state index in [0.717, 1.165) is 0 Å². The van der Waals surface area contributed by atoms with Gasteiger partial charge >= 0.3 is 0 Å². The molecule has 0 N–H and O–H groups in total. The van der Waals surface area contributed by atoms with E-state index in [9.17, 15) is 13.6 Å². The van der Waals surface area contributed by atoms with E-state index in [4.69, 9.17) is 0 Å². The molecule has 1 unspecified atom stereocenters. The Hall–Kier alpha value is -1.77. The SMILES string of the molecule is CC(=O)C1(F)CC=CC=C1c1ccc(F)cc1. The Morgan fingerprint density at radius 2 is 1.94 bits per heavy atom. The molecule has 2 rings (SSSR count). The number of hydrogen-bond donors (Lipinski definition) is 0. The van der Waals surface area contributed by atoms with Crippen LogP contribution in [0.4, 0.5) is 8.78 Å². The smallest absolute Gasteiger partial charge is 0.197 e. The van der Waals surface area contributed by atoms with Crippen LogP contribution in [0.15, 0.2) is 42.5 Å². The van der Waals surface area contributed by atoms with Crippen LogP contribution in [0.3, 0.4) is 0 Å². The number of rotatable bonds is 2. The third-order valence-electron chi connectivity index (χ3n) is 2.94. The molecule has 0 aromatic heterocycles. The summed E-state index contributed by atoms with van der Waals surface area (Å²) in [5, 5.41) is 0. The van der Waals surface area contributed by atoms with Gasteiger partial charge in [-0.2, -0.15) is 0 Å². The number of halogens is 2. The monoisotopic (exact) mass is 234 g/mol. The molecule has 1 aromatic rings. The van der Waals surface area contributed by atoms with E-state index in [1.54, 1.807) is 18.2 Å². The fourth-order valence-electron chi connectivity index (χ4n) is 1.92. The van der Waals surface area contributed by atoms with Gasteiger partial charge in [0.05, 0.1) is 0 Å². The topological polar surface area (TPSA) is 17.1 Å². The maximum Gasteiger partial charge on any atom is 0.197 e. The maximum atomic E-state index is 14.6. The lowest BCUT2D eigenvalue weighted by molar-refractivity contribution is -0.124.